The molecule has 190 valence electrons. The Kier molecular flexibility index (Phi) is 8.01. The second-order valence-corrected chi connectivity index (χ2v) is 9.29. The van der Waals surface area contributed by atoms with Crippen LogP contribution in [0.25, 0.3) is 0 Å². The SMILES string of the molecule is CCOc1cc([C@H]2C(C(=O)OCCOC)=C(C)NC3=C2C(=O)C[C@@H](c2ccc(Cl)cc2)C3)ccc1O. The molecule has 0 saturated heterocycles. The Hall–Kier alpha value is -3.29. The molecule has 4 rings (SSSR count). The number of nitrogens with one attached hydrogen (secondary N) is 1. The van der Waals surface area contributed by atoms with Gasteiger partial charge >= 0.3 is 5.97 Å². The standard InChI is InChI=1S/C28H30ClNO6/c1-4-35-24-15-18(7-10-22(24)31)26-25(28(33)36-12-11-34-3)16(2)30-21-13-19(14-23(32)27(21)26)17-5-8-20(29)9-6-17/h5-10,15,19,26,30-31H,4,11-14H2,1-3H3/t19-,26-/m0/s1. The molecule has 1 aliphatic carbocycles. The van der Waals surface area contributed by atoms with E-state index < -0.39 is 11.9 Å². The van der Waals surface area contributed by atoms with Crippen LogP contribution in [0.3, 0.4) is 0 Å². The van der Waals surface area contributed by atoms with Crippen LogP contribution in [0.4, 0.5) is 0 Å². The number of carbonyl (C=O) groups excluding carboxylic acids is 2. The zero-order valence-electron chi connectivity index (χ0n) is 20.6. The van der Waals surface area contributed by atoms with Gasteiger partial charge in [0.1, 0.15) is 6.61 Å². The van der Waals surface area contributed by atoms with Crippen LogP contribution in [0.5, 0.6) is 11.5 Å². The largest absolute Gasteiger partial charge is 0.504 e. The molecule has 0 radical (unpaired) electrons. The third kappa shape index (κ3) is 5.27. The Morgan fingerprint density at radius 1 is 1.11 bits per heavy atom. The van der Waals surface area contributed by atoms with E-state index in [0.717, 1.165) is 11.3 Å². The first-order valence-electron chi connectivity index (χ1n) is 11.9. The van der Waals surface area contributed by atoms with E-state index in [-0.39, 0.29) is 30.7 Å². The lowest BCUT2D eigenvalue weighted by molar-refractivity contribution is -0.140. The lowest BCUT2D eigenvalue weighted by Gasteiger charge is -2.36. The van der Waals surface area contributed by atoms with Crippen LogP contribution in [0, 0.1) is 0 Å². The van der Waals surface area contributed by atoms with Crippen LogP contribution in [0.1, 0.15) is 49.7 Å². The number of hydrogen-bond acceptors (Lipinski definition) is 7. The van der Waals surface area contributed by atoms with Gasteiger partial charge in [0.2, 0.25) is 0 Å². The molecule has 1 aliphatic heterocycles. The number of halogens is 1. The molecule has 0 bridgehead atoms. The number of methoxy groups -OCH3 is 1. The minimum atomic E-state index is -0.658. The van der Waals surface area contributed by atoms with Gasteiger partial charge in [0.05, 0.1) is 18.8 Å². The fraction of sp³-hybridized carbons (Fsp3) is 0.357. The minimum absolute atomic E-state index is 0.00793. The van der Waals surface area contributed by atoms with E-state index in [4.69, 9.17) is 25.8 Å². The number of hydrogen-bond donors (Lipinski definition) is 2. The number of Topliss-reactive ketones (excluding diaryl/α,β-unsaturated/α-hetero) is 1. The lowest BCUT2D eigenvalue weighted by Crippen LogP contribution is -2.36. The van der Waals surface area contributed by atoms with Crippen molar-refractivity contribution in [3.05, 3.63) is 81.2 Å². The molecule has 2 aromatic carbocycles. The summed E-state index contributed by atoms with van der Waals surface area (Å²) in [5.41, 5.74) is 4.01. The molecule has 1 heterocycles. The summed E-state index contributed by atoms with van der Waals surface area (Å²) in [5, 5.41) is 14.2. The Balaban J connectivity index is 1.78. The van der Waals surface area contributed by atoms with E-state index in [1.54, 1.807) is 12.1 Å². The van der Waals surface area contributed by atoms with Gasteiger partial charge in [-0.25, -0.2) is 4.79 Å². The summed E-state index contributed by atoms with van der Waals surface area (Å²) in [6, 6.07) is 12.5. The van der Waals surface area contributed by atoms with Crippen LogP contribution >= 0.6 is 11.6 Å². The number of ether oxygens (including phenoxy) is 3. The number of esters is 1. The highest BCUT2D eigenvalue weighted by atomic mass is 35.5. The first-order valence-corrected chi connectivity index (χ1v) is 12.3. The number of phenolic OH excluding ortho intramolecular Hbond substituents is 1. The van der Waals surface area contributed by atoms with Crippen molar-refractivity contribution in [3.63, 3.8) is 0 Å². The predicted octanol–water partition coefficient (Wildman–Crippen LogP) is 5.00. The minimum Gasteiger partial charge on any atom is -0.504 e. The quantitative estimate of drug-likeness (QED) is 0.380. The molecule has 2 aliphatic rings. The summed E-state index contributed by atoms with van der Waals surface area (Å²) in [7, 11) is 1.53. The van der Waals surface area contributed by atoms with Gasteiger partial charge in [-0.1, -0.05) is 29.8 Å². The van der Waals surface area contributed by atoms with Gasteiger partial charge in [-0.2, -0.15) is 0 Å². The molecule has 0 unspecified atom stereocenters. The summed E-state index contributed by atoms with van der Waals surface area (Å²) < 4.78 is 16.1. The molecule has 0 aromatic heterocycles. The lowest BCUT2D eigenvalue weighted by atomic mass is 9.71. The van der Waals surface area contributed by atoms with Crippen LogP contribution in [-0.4, -0.2) is 43.8 Å². The molecule has 8 heteroatoms. The van der Waals surface area contributed by atoms with Crippen LogP contribution in [0.2, 0.25) is 5.02 Å². The maximum absolute atomic E-state index is 13.7. The number of ketones is 1. The Bertz CT molecular complexity index is 1220. The van der Waals surface area contributed by atoms with E-state index in [1.165, 1.54) is 13.2 Å². The summed E-state index contributed by atoms with van der Waals surface area (Å²) in [5.74, 6) is -0.950. The normalized spacial score (nSPS) is 19.6. The maximum atomic E-state index is 13.7. The van der Waals surface area contributed by atoms with Crippen molar-refractivity contribution in [1.82, 2.24) is 5.32 Å². The van der Waals surface area contributed by atoms with Gasteiger partial charge < -0.3 is 24.6 Å². The van der Waals surface area contributed by atoms with E-state index in [9.17, 15) is 14.7 Å². The highest BCUT2D eigenvalue weighted by Gasteiger charge is 2.41. The second kappa shape index (κ2) is 11.2. The molecule has 2 N–H and O–H groups in total. The number of carbonyl (C=O) groups is 2. The van der Waals surface area contributed by atoms with Crippen molar-refractivity contribution in [3.8, 4) is 11.5 Å². The number of dihydropyridines is 1. The van der Waals surface area contributed by atoms with Crippen LogP contribution in [-0.2, 0) is 19.1 Å². The fourth-order valence-corrected chi connectivity index (χ4v) is 5.02. The number of benzene rings is 2. The zero-order valence-corrected chi connectivity index (χ0v) is 21.4. The number of aromatic hydroxyl groups is 1. The van der Waals surface area contributed by atoms with E-state index in [0.29, 0.717) is 52.6 Å². The van der Waals surface area contributed by atoms with Gasteiger partial charge in [-0.05, 0) is 61.6 Å². The van der Waals surface area contributed by atoms with Gasteiger partial charge in [0, 0.05) is 41.4 Å². The molecule has 2 atom stereocenters. The molecule has 0 spiro atoms. The van der Waals surface area contributed by atoms with Crippen molar-refractivity contribution in [2.75, 3.05) is 26.9 Å². The molecule has 7 nitrogen and oxygen atoms in total. The second-order valence-electron chi connectivity index (χ2n) is 8.86. The third-order valence-corrected chi connectivity index (χ3v) is 6.78. The maximum Gasteiger partial charge on any atom is 0.336 e. The molecule has 0 amide bonds. The molecule has 0 saturated carbocycles. The average Bonchev–Trinajstić information content (AvgIpc) is 2.85. The third-order valence-electron chi connectivity index (χ3n) is 6.53. The molecular weight excluding hydrogens is 482 g/mol. The number of allylic oxidation sites excluding steroid dienone is 3. The summed E-state index contributed by atoms with van der Waals surface area (Å²) in [6.07, 6.45) is 0.916. The Morgan fingerprint density at radius 2 is 1.83 bits per heavy atom. The smallest absolute Gasteiger partial charge is 0.336 e. The molecule has 2 aromatic rings. The predicted molar refractivity (Wildman–Crippen MR) is 136 cm³/mol. The van der Waals surface area contributed by atoms with Crippen molar-refractivity contribution in [2.24, 2.45) is 0 Å². The fourth-order valence-electron chi connectivity index (χ4n) is 4.89. The van der Waals surface area contributed by atoms with E-state index in [1.807, 2.05) is 38.1 Å². The van der Waals surface area contributed by atoms with Crippen molar-refractivity contribution < 1.29 is 28.9 Å². The van der Waals surface area contributed by atoms with Gasteiger partial charge in [0.25, 0.3) is 0 Å². The van der Waals surface area contributed by atoms with Crippen molar-refractivity contribution in [1.29, 1.82) is 0 Å². The monoisotopic (exact) mass is 511 g/mol. The van der Waals surface area contributed by atoms with Crippen molar-refractivity contribution in [2.45, 2.75) is 38.5 Å². The highest BCUT2D eigenvalue weighted by molar-refractivity contribution is 6.30. The summed E-state index contributed by atoms with van der Waals surface area (Å²) in [4.78, 5) is 26.9. The first kappa shape index (κ1) is 25.8. The van der Waals surface area contributed by atoms with Gasteiger partial charge in [0.15, 0.2) is 17.3 Å². The molecular formula is C28H30ClNO6. The zero-order chi connectivity index (χ0) is 25.8. The topological polar surface area (TPSA) is 94.1 Å². The average molecular weight is 512 g/mol. The first-order chi connectivity index (χ1) is 17.3. The molecule has 36 heavy (non-hydrogen) atoms. The van der Waals surface area contributed by atoms with Crippen LogP contribution in [0.15, 0.2) is 65.0 Å². The van der Waals surface area contributed by atoms with E-state index >= 15 is 0 Å². The number of rotatable bonds is 8. The Labute approximate surface area is 215 Å². The van der Waals surface area contributed by atoms with Gasteiger partial charge in [-0.15, -0.1) is 0 Å². The summed E-state index contributed by atoms with van der Waals surface area (Å²) in [6.45, 7) is 4.35. The van der Waals surface area contributed by atoms with Crippen molar-refractivity contribution >= 4 is 23.4 Å². The highest BCUT2D eigenvalue weighted by Crippen LogP contribution is 2.47. The van der Waals surface area contributed by atoms with Gasteiger partial charge in [-0.3, -0.25) is 4.79 Å². The summed E-state index contributed by atoms with van der Waals surface area (Å²) >= 11 is 6.06. The number of phenols is 1. The Morgan fingerprint density at radius 3 is 2.53 bits per heavy atom. The molecule has 0 fully saturated rings. The van der Waals surface area contributed by atoms with Crippen LogP contribution < -0.4 is 10.1 Å². The van der Waals surface area contributed by atoms with E-state index in [2.05, 4.69) is 5.32 Å².